The van der Waals surface area contributed by atoms with Gasteiger partial charge in [0.25, 0.3) is 0 Å². The zero-order chi connectivity index (χ0) is 14.9. The van der Waals surface area contributed by atoms with Gasteiger partial charge in [-0.2, -0.15) is 0 Å². The summed E-state index contributed by atoms with van der Waals surface area (Å²) in [7, 11) is 0. The Kier molecular flexibility index (Phi) is 4.15. The Labute approximate surface area is 123 Å². The van der Waals surface area contributed by atoms with Crippen LogP contribution in [0.25, 0.3) is 0 Å². The molecule has 0 aromatic heterocycles. The SMILES string of the molecule is NC(=S)c1cc(F)c(Nc2ccc(Cl)c(F)c2)c(F)c1. The highest BCUT2D eigenvalue weighted by molar-refractivity contribution is 7.80. The van der Waals surface area contributed by atoms with Crippen LogP contribution in [0.15, 0.2) is 30.3 Å². The highest BCUT2D eigenvalue weighted by Crippen LogP contribution is 2.26. The van der Waals surface area contributed by atoms with Crippen molar-refractivity contribution in [3.05, 3.63) is 58.4 Å². The molecule has 2 aromatic carbocycles. The van der Waals surface area contributed by atoms with Gasteiger partial charge >= 0.3 is 0 Å². The van der Waals surface area contributed by atoms with Gasteiger partial charge in [-0.3, -0.25) is 0 Å². The van der Waals surface area contributed by atoms with Crippen LogP contribution in [0.2, 0.25) is 5.02 Å². The summed E-state index contributed by atoms with van der Waals surface area (Å²) in [5.41, 5.74) is 5.11. The Bertz CT molecular complexity index is 668. The molecule has 3 N–H and O–H groups in total. The predicted octanol–water partition coefficient (Wildman–Crippen LogP) is 4.14. The largest absolute Gasteiger partial charge is 0.389 e. The fraction of sp³-hybridized carbons (Fsp3) is 0. The Morgan fingerprint density at radius 3 is 2.15 bits per heavy atom. The third kappa shape index (κ3) is 3.02. The lowest BCUT2D eigenvalue weighted by atomic mass is 10.1. The van der Waals surface area contributed by atoms with E-state index in [0.29, 0.717) is 0 Å². The number of thiocarbonyl (C=S) groups is 1. The maximum atomic E-state index is 13.8. The maximum Gasteiger partial charge on any atom is 0.150 e. The van der Waals surface area contributed by atoms with Gasteiger partial charge in [-0.05, 0) is 30.3 Å². The van der Waals surface area contributed by atoms with Crippen molar-refractivity contribution in [2.24, 2.45) is 5.73 Å². The van der Waals surface area contributed by atoms with Crippen LogP contribution in [-0.4, -0.2) is 4.99 Å². The van der Waals surface area contributed by atoms with Crippen molar-refractivity contribution in [2.75, 3.05) is 5.32 Å². The van der Waals surface area contributed by atoms with Crippen LogP contribution in [0.5, 0.6) is 0 Å². The third-order valence-corrected chi connectivity index (χ3v) is 3.06. The molecule has 0 aliphatic carbocycles. The lowest BCUT2D eigenvalue weighted by Crippen LogP contribution is -2.11. The molecule has 7 heteroatoms. The summed E-state index contributed by atoms with van der Waals surface area (Å²) in [4.78, 5) is -0.119. The number of benzene rings is 2. The fourth-order valence-electron chi connectivity index (χ4n) is 1.55. The summed E-state index contributed by atoms with van der Waals surface area (Å²) in [5, 5.41) is 2.36. The van der Waals surface area contributed by atoms with E-state index in [9.17, 15) is 13.2 Å². The third-order valence-electron chi connectivity index (χ3n) is 2.52. The van der Waals surface area contributed by atoms with E-state index in [2.05, 4.69) is 17.5 Å². The van der Waals surface area contributed by atoms with E-state index >= 15 is 0 Å². The van der Waals surface area contributed by atoms with E-state index in [1.54, 1.807) is 0 Å². The summed E-state index contributed by atoms with van der Waals surface area (Å²) in [6, 6.07) is 5.70. The lowest BCUT2D eigenvalue weighted by molar-refractivity contribution is 0.590. The number of halogens is 4. The Morgan fingerprint density at radius 1 is 1.05 bits per heavy atom. The fourth-order valence-corrected chi connectivity index (χ4v) is 1.79. The minimum Gasteiger partial charge on any atom is -0.389 e. The molecule has 104 valence electrons. The summed E-state index contributed by atoms with van der Waals surface area (Å²) < 4.78 is 40.9. The van der Waals surface area contributed by atoms with E-state index in [1.807, 2.05) is 0 Å². The van der Waals surface area contributed by atoms with Crippen LogP contribution in [0, 0.1) is 17.5 Å². The van der Waals surface area contributed by atoms with Crippen LogP contribution >= 0.6 is 23.8 Å². The molecular weight excluding hydrogens is 309 g/mol. The van der Waals surface area contributed by atoms with E-state index in [1.165, 1.54) is 12.1 Å². The summed E-state index contributed by atoms with van der Waals surface area (Å²) in [5.74, 6) is -2.47. The first-order chi connectivity index (χ1) is 9.38. The summed E-state index contributed by atoms with van der Waals surface area (Å²) >= 11 is 10.2. The Balaban J connectivity index is 2.38. The molecule has 2 nitrogen and oxygen atoms in total. The first-order valence-electron chi connectivity index (χ1n) is 5.39. The topological polar surface area (TPSA) is 38.0 Å². The van der Waals surface area contributed by atoms with Gasteiger partial charge in [0.1, 0.15) is 28.1 Å². The van der Waals surface area contributed by atoms with Gasteiger partial charge < -0.3 is 11.1 Å². The van der Waals surface area contributed by atoms with Gasteiger partial charge in [-0.15, -0.1) is 0 Å². The van der Waals surface area contributed by atoms with Crippen LogP contribution in [0.3, 0.4) is 0 Å². The van der Waals surface area contributed by atoms with E-state index in [-0.39, 0.29) is 21.3 Å². The molecule has 0 aliphatic heterocycles. The molecule has 0 amide bonds. The average molecular weight is 317 g/mol. The Morgan fingerprint density at radius 2 is 1.65 bits per heavy atom. The number of nitrogens with one attached hydrogen (secondary N) is 1. The van der Waals surface area contributed by atoms with E-state index in [0.717, 1.165) is 18.2 Å². The molecule has 0 fully saturated rings. The molecule has 0 atom stereocenters. The van der Waals surface area contributed by atoms with Crippen molar-refractivity contribution in [2.45, 2.75) is 0 Å². The second-order valence-corrected chi connectivity index (χ2v) is 4.78. The number of hydrogen-bond acceptors (Lipinski definition) is 2. The van der Waals surface area contributed by atoms with Crippen molar-refractivity contribution in [3.8, 4) is 0 Å². The highest BCUT2D eigenvalue weighted by atomic mass is 35.5. The van der Waals surface area contributed by atoms with Crippen molar-refractivity contribution in [1.82, 2.24) is 0 Å². The second kappa shape index (κ2) is 5.68. The van der Waals surface area contributed by atoms with Crippen molar-refractivity contribution < 1.29 is 13.2 Å². The normalized spacial score (nSPS) is 10.4. The smallest absolute Gasteiger partial charge is 0.150 e. The van der Waals surface area contributed by atoms with Gasteiger partial charge in [0.05, 0.1) is 5.02 Å². The van der Waals surface area contributed by atoms with Crippen LogP contribution in [0.4, 0.5) is 24.5 Å². The molecule has 2 rings (SSSR count). The number of hydrogen-bond donors (Lipinski definition) is 2. The van der Waals surface area contributed by atoms with Crippen molar-refractivity contribution in [3.63, 3.8) is 0 Å². The molecule has 0 saturated carbocycles. The standard InChI is InChI=1S/C13H8ClF3N2S/c14-8-2-1-7(5-9(8)15)19-12-10(16)3-6(13(18)20)4-11(12)17/h1-5,19H,(H2,18,20). The number of nitrogens with two attached hydrogens (primary N) is 1. The second-order valence-electron chi connectivity index (χ2n) is 3.93. The molecule has 2 aromatic rings. The minimum absolute atomic E-state index is 0.0721. The lowest BCUT2D eigenvalue weighted by Gasteiger charge is -2.10. The molecule has 0 bridgehead atoms. The number of anilines is 2. The Hall–Kier alpha value is -1.79. The van der Waals surface area contributed by atoms with Crippen LogP contribution in [-0.2, 0) is 0 Å². The van der Waals surface area contributed by atoms with E-state index < -0.39 is 23.1 Å². The maximum absolute atomic E-state index is 13.8. The van der Waals surface area contributed by atoms with Gasteiger partial charge in [0.15, 0.2) is 0 Å². The highest BCUT2D eigenvalue weighted by Gasteiger charge is 2.13. The van der Waals surface area contributed by atoms with Gasteiger partial charge in [0.2, 0.25) is 0 Å². The summed E-state index contributed by atoms with van der Waals surface area (Å²) in [6.07, 6.45) is 0. The monoisotopic (exact) mass is 316 g/mol. The van der Waals surface area contributed by atoms with Crippen molar-refractivity contribution in [1.29, 1.82) is 0 Å². The zero-order valence-electron chi connectivity index (χ0n) is 9.88. The zero-order valence-corrected chi connectivity index (χ0v) is 11.5. The molecule has 0 spiro atoms. The average Bonchev–Trinajstić information content (AvgIpc) is 2.37. The van der Waals surface area contributed by atoms with Gasteiger partial charge in [-0.25, -0.2) is 13.2 Å². The quantitative estimate of drug-likeness (QED) is 0.836. The molecule has 0 heterocycles. The molecule has 0 radical (unpaired) electrons. The molecular formula is C13H8ClF3N2S. The number of rotatable bonds is 3. The minimum atomic E-state index is -0.886. The first-order valence-corrected chi connectivity index (χ1v) is 6.18. The van der Waals surface area contributed by atoms with Crippen LogP contribution < -0.4 is 11.1 Å². The molecule has 0 unspecified atom stereocenters. The molecule has 0 saturated heterocycles. The van der Waals surface area contributed by atoms with Crippen LogP contribution in [0.1, 0.15) is 5.56 Å². The molecule has 20 heavy (non-hydrogen) atoms. The van der Waals surface area contributed by atoms with E-state index in [4.69, 9.17) is 17.3 Å². The van der Waals surface area contributed by atoms with Crippen molar-refractivity contribution >= 4 is 40.2 Å². The van der Waals surface area contributed by atoms with Gasteiger partial charge in [0, 0.05) is 11.3 Å². The summed E-state index contributed by atoms with van der Waals surface area (Å²) in [6.45, 7) is 0. The van der Waals surface area contributed by atoms with Gasteiger partial charge in [-0.1, -0.05) is 23.8 Å². The predicted molar refractivity (Wildman–Crippen MR) is 76.9 cm³/mol. The molecule has 0 aliphatic rings. The first kappa shape index (κ1) is 14.6.